The van der Waals surface area contributed by atoms with Crippen LogP contribution in [0.25, 0.3) is 11.1 Å². The van der Waals surface area contributed by atoms with Gasteiger partial charge in [-0.25, -0.2) is 0 Å². The van der Waals surface area contributed by atoms with Gasteiger partial charge in [0.1, 0.15) is 0 Å². The molecule has 3 aromatic rings. The lowest BCUT2D eigenvalue weighted by molar-refractivity contribution is 0.568. The van der Waals surface area contributed by atoms with Crippen molar-refractivity contribution in [3.05, 3.63) is 92.2 Å². The molecule has 3 aromatic carbocycles. The Morgan fingerprint density at radius 3 is 1.93 bits per heavy atom. The van der Waals surface area contributed by atoms with Crippen molar-refractivity contribution in [3.8, 4) is 11.1 Å². The largest absolute Gasteiger partial charge is 0.0616 e. The highest BCUT2D eigenvalue weighted by Crippen LogP contribution is 2.40. The minimum atomic E-state index is 0.0898. The van der Waals surface area contributed by atoms with Crippen LogP contribution in [0.1, 0.15) is 65.2 Å². The van der Waals surface area contributed by atoms with Crippen LogP contribution in [0.5, 0.6) is 0 Å². The van der Waals surface area contributed by atoms with E-state index < -0.39 is 0 Å². The molecule has 0 fully saturated rings. The van der Waals surface area contributed by atoms with Gasteiger partial charge >= 0.3 is 0 Å². The van der Waals surface area contributed by atoms with E-state index in [1.54, 1.807) is 0 Å². The first-order valence-corrected chi connectivity index (χ1v) is 10.5. The Balaban J connectivity index is 2.14. The fourth-order valence-electron chi connectivity index (χ4n) is 4.47. The molecule has 0 unspecified atom stereocenters. The Hall–Kier alpha value is -2.34. The molecule has 0 spiro atoms. The first-order valence-electron chi connectivity index (χ1n) is 10.5. The zero-order valence-corrected chi connectivity index (χ0v) is 18.4. The van der Waals surface area contributed by atoms with E-state index in [9.17, 15) is 0 Å². The molecule has 0 amide bonds. The maximum Gasteiger partial charge on any atom is -0.00202 e. The summed E-state index contributed by atoms with van der Waals surface area (Å²) in [6.07, 6.45) is 1.05. The van der Waals surface area contributed by atoms with Gasteiger partial charge in [0.15, 0.2) is 0 Å². The standard InChI is InChI=1S/C28H32/c1-8-18-16-19(27(2,3)4)17-24(28(5,6)7)25(18)23-15-11-14-22-20-12-9-10-13-21(20)26(22)23/h9-17H,8H2,1-7H3. The zero-order valence-electron chi connectivity index (χ0n) is 18.4. The van der Waals surface area contributed by atoms with Gasteiger partial charge in [-0.2, -0.15) is 0 Å². The summed E-state index contributed by atoms with van der Waals surface area (Å²) in [7, 11) is 0. The Kier molecular flexibility index (Phi) is 4.30. The average molecular weight is 369 g/mol. The van der Waals surface area contributed by atoms with Crippen molar-refractivity contribution in [2.24, 2.45) is 0 Å². The zero-order chi connectivity index (χ0) is 20.3. The number of hydrogen-bond donors (Lipinski definition) is 0. The smallest absolute Gasteiger partial charge is 0.00202 e. The molecule has 0 aliphatic heterocycles. The maximum atomic E-state index is 2.47. The molecule has 0 saturated carbocycles. The van der Waals surface area contributed by atoms with E-state index >= 15 is 0 Å². The van der Waals surface area contributed by atoms with Gasteiger partial charge in [0.05, 0.1) is 0 Å². The van der Waals surface area contributed by atoms with E-state index in [0.717, 1.165) is 6.42 Å². The Bertz CT molecular complexity index is 1250. The van der Waals surface area contributed by atoms with Gasteiger partial charge in [-0.15, -0.1) is 0 Å². The van der Waals surface area contributed by atoms with E-state index in [1.165, 1.54) is 48.7 Å². The predicted molar refractivity (Wildman–Crippen MR) is 120 cm³/mol. The van der Waals surface area contributed by atoms with E-state index in [4.69, 9.17) is 0 Å². The maximum absolute atomic E-state index is 2.47. The molecule has 0 heteroatoms. The summed E-state index contributed by atoms with van der Waals surface area (Å²) in [5.74, 6) is 0. The van der Waals surface area contributed by atoms with Crippen molar-refractivity contribution in [2.75, 3.05) is 0 Å². The lowest BCUT2D eigenvalue weighted by atomic mass is 9.74. The Morgan fingerprint density at radius 2 is 1.32 bits per heavy atom. The molecule has 1 aliphatic carbocycles. The fourth-order valence-corrected chi connectivity index (χ4v) is 4.47. The van der Waals surface area contributed by atoms with Crippen molar-refractivity contribution in [1.29, 1.82) is 0 Å². The number of hydrogen-bond acceptors (Lipinski definition) is 0. The quantitative estimate of drug-likeness (QED) is 0.346. The summed E-state index contributed by atoms with van der Waals surface area (Å²) < 4.78 is 0. The van der Waals surface area contributed by atoms with Gasteiger partial charge in [-0.3, -0.25) is 0 Å². The summed E-state index contributed by atoms with van der Waals surface area (Å²) in [6, 6.07) is 20.6. The number of rotatable bonds is 2. The van der Waals surface area contributed by atoms with Crippen LogP contribution < -0.4 is 0 Å². The van der Waals surface area contributed by atoms with Crippen LogP contribution in [0.15, 0.2) is 54.6 Å². The van der Waals surface area contributed by atoms with Gasteiger partial charge in [0, 0.05) is 0 Å². The molecule has 0 radical (unpaired) electrons. The number of fused-ring (bicyclic) bond motifs is 2. The molecule has 0 aromatic heterocycles. The van der Waals surface area contributed by atoms with Crippen LogP contribution in [0, 0.1) is 20.9 Å². The summed E-state index contributed by atoms with van der Waals surface area (Å²) in [6.45, 7) is 16.3. The van der Waals surface area contributed by atoms with Gasteiger partial charge < -0.3 is 0 Å². The lowest BCUT2D eigenvalue weighted by Gasteiger charge is -2.30. The SMILES string of the molecule is CCc1cc(C(C)(C)C)cc(C(C)(C)C)c1-c1cccc2c1=c1ccccc1=2. The predicted octanol–water partition coefficient (Wildman–Crippen LogP) is 7.40. The van der Waals surface area contributed by atoms with Crippen LogP contribution in [0.2, 0.25) is 0 Å². The van der Waals surface area contributed by atoms with Gasteiger partial charge in [0.2, 0.25) is 0 Å². The molecule has 0 atom stereocenters. The van der Waals surface area contributed by atoms with Crippen LogP contribution in [0.4, 0.5) is 0 Å². The molecule has 0 saturated heterocycles. The number of aryl methyl sites for hydroxylation is 1. The second kappa shape index (κ2) is 6.34. The summed E-state index contributed by atoms with van der Waals surface area (Å²) in [5, 5.41) is 5.62. The third-order valence-electron chi connectivity index (χ3n) is 6.10. The van der Waals surface area contributed by atoms with Crippen LogP contribution in [0.3, 0.4) is 0 Å². The topological polar surface area (TPSA) is 0 Å². The third kappa shape index (κ3) is 2.91. The monoisotopic (exact) mass is 368 g/mol. The molecule has 4 rings (SSSR count). The van der Waals surface area contributed by atoms with Crippen LogP contribution >= 0.6 is 0 Å². The Morgan fingerprint density at radius 1 is 0.679 bits per heavy atom. The molecular weight excluding hydrogens is 336 g/mol. The van der Waals surface area contributed by atoms with Crippen molar-refractivity contribution in [3.63, 3.8) is 0 Å². The lowest BCUT2D eigenvalue weighted by Crippen LogP contribution is -2.19. The van der Waals surface area contributed by atoms with Crippen LogP contribution in [-0.4, -0.2) is 0 Å². The summed E-state index contributed by atoms with van der Waals surface area (Å²) in [4.78, 5) is 0. The second-order valence-corrected chi connectivity index (χ2v) is 10.2. The van der Waals surface area contributed by atoms with Crippen molar-refractivity contribution in [2.45, 2.75) is 65.7 Å². The highest BCUT2D eigenvalue weighted by atomic mass is 14.3. The van der Waals surface area contributed by atoms with Gasteiger partial charge in [0.25, 0.3) is 0 Å². The van der Waals surface area contributed by atoms with Gasteiger partial charge in [-0.05, 0) is 65.9 Å². The van der Waals surface area contributed by atoms with E-state index in [-0.39, 0.29) is 10.8 Å². The Labute approximate surface area is 169 Å². The molecule has 0 N–H and O–H groups in total. The minimum Gasteiger partial charge on any atom is -0.0616 e. The highest BCUT2D eigenvalue weighted by molar-refractivity contribution is 5.75. The summed E-state index contributed by atoms with van der Waals surface area (Å²) in [5.41, 5.74) is 7.47. The highest BCUT2D eigenvalue weighted by Gasteiger charge is 2.26. The van der Waals surface area contributed by atoms with E-state index in [2.05, 4.69) is 103 Å². The average Bonchev–Trinajstić information content (AvgIpc) is 2.62. The normalized spacial score (nSPS) is 13.0. The first kappa shape index (κ1) is 19.0. The van der Waals surface area contributed by atoms with Crippen molar-refractivity contribution < 1.29 is 0 Å². The molecule has 1 aliphatic rings. The van der Waals surface area contributed by atoms with Crippen molar-refractivity contribution in [1.82, 2.24) is 0 Å². The molecule has 28 heavy (non-hydrogen) atoms. The molecular formula is C28H32. The summed E-state index contributed by atoms with van der Waals surface area (Å²) >= 11 is 0. The molecule has 0 bridgehead atoms. The van der Waals surface area contributed by atoms with Crippen molar-refractivity contribution >= 4 is 0 Å². The third-order valence-corrected chi connectivity index (χ3v) is 6.10. The number of benzene rings is 3. The first-order chi connectivity index (χ1) is 13.1. The molecule has 0 nitrogen and oxygen atoms in total. The molecule has 0 heterocycles. The molecule has 144 valence electrons. The fraction of sp³-hybridized carbons (Fsp3) is 0.357. The van der Waals surface area contributed by atoms with E-state index in [1.807, 2.05) is 0 Å². The van der Waals surface area contributed by atoms with Gasteiger partial charge in [-0.1, -0.05) is 103 Å². The van der Waals surface area contributed by atoms with Crippen LogP contribution in [-0.2, 0) is 17.3 Å². The van der Waals surface area contributed by atoms with E-state index in [0.29, 0.717) is 0 Å². The second-order valence-electron chi connectivity index (χ2n) is 10.2. The minimum absolute atomic E-state index is 0.0898.